The van der Waals surface area contributed by atoms with Crippen LogP contribution in [0.1, 0.15) is 31.2 Å². The monoisotopic (exact) mass is 417 g/mol. The Labute approximate surface area is 184 Å². The summed E-state index contributed by atoms with van der Waals surface area (Å²) in [6, 6.07) is 22.2. The standard InChI is InChI=1S/C26H31N3O2/c30-26-25(23-12-5-2-6-13-23)15-16-27-29(26)18-8-7-17-28(21-24-14-9-19-31-24)20-22-10-3-1-4-11-22/h1-6,10-13,15-16,24H,7-9,14,17-21H2. The molecule has 1 atom stereocenters. The van der Waals surface area contributed by atoms with E-state index < -0.39 is 0 Å². The summed E-state index contributed by atoms with van der Waals surface area (Å²) in [4.78, 5) is 15.3. The van der Waals surface area contributed by atoms with Gasteiger partial charge in [-0.2, -0.15) is 5.10 Å². The molecular formula is C26H31N3O2. The molecule has 2 heterocycles. The first-order chi connectivity index (χ1) is 15.3. The van der Waals surface area contributed by atoms with Gasteiger partial charge in [0.2, 0.25) is 0 Å². The molecule has 2 aromatic carbocycles. The maximum atomic E-state index is 12.8. The van der Waals surface area contributed by atoms with Gasteiger partial charge in [0.05, 0.1) is 11.7 Å². The summed E-state index contributed by atoms with van der Waals surface area (Å²) < 4.78 is 7.47. The van der Waals surface area contributed by atoms with E-state index in [9.17, 15) is 4.79 Å². The number of hydrogen-bond donors (Lipinski definition) is 0. The summed E-state index contributed by atoms with van der Waals surface area (Å²) in [5.74, 6) is 0. The fourth-order valence-electron chi connectivity index (χ4n) is 4.20. The zero-order chi connectivity index (χ0) is 21.3. The van der Waals surface area contributed by atoms with Crippen molar-refractivity contribution in [2.24, 2.45) is 0 Å². The molecule has 0 spiro atoms. The first-order valence-electron chi connectivity index (χ1n) is 11.3. The van der Waals surface area contributed by atoms with E-state index in [1.54, 1.807) is 16.9 Å². The van der Waals surface area contributed by atoms with Crippen LogP contribution in [0.25, 0.3) is 11.1 Å². The molecule has 3 aromatic rings. The van der Waals surface area contributed by atoms with Gasteiger partial charge in [-0.15, -0.1) is 0 Å². The van der Waals surface area contributed by atoms with Crippen LogP contribution in [0, 0.1) is 0 Å². The summed E-state index contributed by atoms with van der Waals surface area (Å²) in [6.45, 7) is 4.41. The second-order valence-corrected chi connectivity index (χ2v) is 8.20. The van der Waals surface area contributed by atoms with Gasteiger partial charge in [0.1, 0.15) is 0 Å². The summed E-state index contributed by atoms with van der Waals surface area (Å²) in [7, 11) is 0. The van der Waals surface area contributed by atoms with Gasteiger partial charge < -0.3 is 4.74 Å². The molecule has 5 nitrogen and oxygen atoms in total. The lowest BCUT2D eigenvalue weighted by molar-refractivity contribution is 0.0698. The van der Waals surface area contributed by atoms with Gasteiger partial charge in [0.15, 0.2) is 0 Å². The van der Waals surface area contributed by atoms with Crippen molar-refractivity contribution in [3.05, 3.63) is 88.8 Å². The third-order valence-electron chi connectivity index (χ3n) is 5.83. The SMILES string of the molecule is O=c1c(-c2ccccc2)ccnn1CCCCN(Cc1ccccc1)CC1CCCO1. The number of aryl methyl sites for hydroxylation is 1. The van der Waals surface area contributed by atoms with E-state index in [4.69, 9.17) is 4.74 Å². The van der Waals surface area contributed by atoms with Gasteiger partial charge in [-0.25, -0.2) is 4.68 Å². The molecule has 5 heteroatoms. The Morgan fingerprint density at radius 2 is 1.77 bits per heavy atom. The Bertz CT molecular complexity index is 982. The Balaban J connectivity index is 1.34. The molecule has 1 fully saturated rings. The minimum atomic E-state index is -0.0193. The normalized spacial score (nSPS) is 16.1. The van der Waals surface area contributed by atoms with Crippen molar-refractivity contribution >= 4 is 0 Å². The molecular weight excluding hydrogens is 386 g/mol. The van der Waals surface area contributed by atoms with E-state index >= 15 is 0 Å². The van der Waals surface area contributed by atoms with E-state index in [1.807, 2.05) is 30.3 Å². The zero-order valence-electron chi connectivity index (χ0n) is 18.0. The lowest BCUT2D eigenvalue weighted by Crippen LogP contribution is -2.33. The van der Waals surface area contributed by atoms with E-state index in [2.05, 4.69) is 40.3 Å². The maximum absolute atomic E-state index is 12.8. The van der Waals surface area contributed by atoms with Crippen LogP contribution in [0.3, 0.4) is 0 Å². The predicted molar refractivity (Wildman–Crippen MR) is 124 cm³/mol. The van der Waals surface area contributed by atoms with Gasteiger partial charge in [-0.1, -0.05) is 60.7 Å². The Hall–Kier alpha value is -2.76. The number of aromatic nitrogens is 2. The largest absolute Gasteiger partial charge is 0.377 e. The van der Waals surface area contributed by atoms with Gasteiger partial charge in [-0.3, -0.25) is 9.69 Å². The fraction of sp³-hybridized carbons (Fsp3) is 0.385. The molecule has 1 saturated heterocycles. The molecule has 0 aliphatic carbocycles. The molecule has 1 aliphatic rings. The van der Waals surface area contributed by atoms with Crippen molar-refractivity contribution in [2.45, 2.75) is 44.9 Å². The quantitative estimate of drug-likeness (QED) is 0.460. The van der Waals surface area contributed by atoms with Gasteiger partial charge in [0.25, 0.3) is 5.56 Å². The predicted octanol–water partition coefficient (Wildman–Crippen LogP) is 4.37. The minimum Gasteiger partial charge on any atom is -0.377 e. The maximum Gasteiger partial charge on any atom is 0.274 e. The molecule has 31 heavy (non-hydrogen) atoms. The van der Waals surface area contributed by atoms with Gasteiger partial charge >= 0.3 is 0 Å². The molecule has 0 bridgehead atoms. The van der Waals surface area contributed by atoms with E-state index in [1.165, 1.54) is 5.56 Å². The van der Waals surface area contributed by atoms with Crippen molar-refractivity contribution in [1.29, 1.82) is 0 Å². The molecule has 162 valence electrons. The number of benzene rings is 2. The number of unbranched alkanes of at least 4 members (excludes halogenated alkanes) is 1. The average Bonchev–Trinajstić information content (AvgIpc) is 3.32. The summed E-state index contributed by atoms with van der Waals surface area (Å²) in [5, 5.41) is 4.30. The molecule has 4 rings (SSSR count). The highest BCUT2D eigenvalue weighted by Gasteiger charge is 2.19. The van der Waals surface area contributed by atoms with Crippen LogP contribution < -0.4 is 5.56 Å². The van der Waals surface area contributed by atoms with Gasteiger partial charge in [-0.05, 0) is 49.4 Å². The van der Waals surface area contributed by atoms with Crippen LogP contribution >= 0.6 is 0 Å². The average molecular weight is 418 g/mol. The molecule has 1 aromatic heterocycles. The van der Waals surface area contributed by atoms with Crippen LogP contribution in [-0.4, -0.2) is 40.5 Å². The Kier molecular flexibility index (Phi) is 7.64. The highest BCUT2D eigenvalue weighted by Crippen LogP contribution is 2.16. The van der Waals surface area contributed by atoms with Crippen LogP contribution in [0.15, 0.2) is 77.7 Å². The van der Waals surface area contributed by atoms with Gasteiger partial charge in [0, 0.05) is 32.4 Å². The van der Waals surface area contributed by atoms with Crippen molar-refractivity contribution in [2.75, 3.05) is 19.7 Å². The van der Waals surface area contributed by atoms with Crippen LogP contribution in [0.2, 0.25) is 0 Å². The summed E-state index contributed by atoms with van der Waals surface area (Å²) in [5.41, 5.74) is 2.96. The highest BCUT2D eigenvalue weighted by atomic mass is 16.5. The third-order valence-corrected chi connectivity index (χ3v) is 5.83. The molecule has 0 radical (unpaired) electrons. The van der Waals surface area contributed by atoms with Crippen molar-refractivity contribution < 1.29 is 4.74 Å². The Morgan fingerprint density at radius 1 is 1.00 bits per heavy atom. The number of nitrogens with zero attached hydrogens (tertiary/aromatic N) is 3. The summed E-state index contributed by atoms with van der Waals surface area (Å²) >= 11 is 0. The number of ether oxygens (including phenoxy) is 1. The molecule has 1 unspecified atom stereocenters. The Morgan fingerprint density at radius 3 is 2.52 bits per heavy atom. The van der Waals surface area contributed by atoms with E-state index in [0.29, 0.717) is 18.2 Å². The molecule has 1 aliphatic heterocycles. The van der Waals surface area contributed by atoms with Crippen LogP contribution in [-0.2, 0) is 17.8 Å². The minimum absolute atomic E-state index is 0.0193. The fourth-order valence-corrected chi connectivity index (χ4v) is 4.20. The lowest BCUT2D eigenvalue weighted by atomic mass is 10.1. The molecule has 0 saturated carbocycles. The van der Waals surface area contributed by atoms with Crippen LogP contribution in [0.5, 0.6) is 0 Å². The first-order valence-corrected chi connectivity index (χ1v) is 11.3. The lowest BCUT2D eigenvalue weighted by Gasteiger charge is -2.25. The topological polar surface area (TPSA) is 47.4 Å². The van der Waals surface area contributed by atoms with Crippen molar-refractivity contribution in [1.82, 2.24) is 14.7 Å². The smallest absolute Gasteiger partial charge is 0.274 e. The zero-order valence-corrected chi connectivity index (χ0v) is 18.0. The van der Waals surface area contributed by atoms with E-state index in [0.717, 1.165) is 57.5 Å². The summed E-state index contributed by atoms with van der Waals surface area (Å²) in [6.07, 6.45) is 6.32. The second kappa shape index (κ2) is 11.0. The second-order valence-electron chi connectivity index (χ2n) is 8.20. The number of rotatable bonds is 10. The van der Waals surface area contributed by atoms with Crippen LogP contribution in [0.4, 0.5) is 0 Å². The molecule has 0 amide bonds. The van der Waals surface area contributed by atoms with Crippen molar-refractivity contribution in [3.63, 3.8) is 0 Å². The van der Waals surface area contributed by atoms with Crippen molar-refractivity contribution in [3.8, 4) is 11.1 Å². The first kappa shape index (κ1) is 21.5. The highest BCUT2D eigenvalue weighted by molar-refractivity contribution is 5.61. The third kappa shape index (κ3) is 6.12. The number of hydrogen-bond acceptors (Lipinski definition) is 4. The molecule has 0 N–H and O–H groups in total. The van der Waals surface area contributed by atoms with E-state index in [-0.39, 0.29) is 5.56 Å².